The molecule has 0 radical (unpaired) electrons. The molecule has 0 spiro atoms. The average molecular weight is 264 g/mol. The lowest BCUT2D eigenvalue weighted by atomic mass is 10.1. The maximum atomic E-state index is 11.6. The van der Waals surface area contributed by atoms with Gasteiger partial charge in [0.15, 0.2) is 0 Å². The summed E-state index contributed by atoms with van der Waals surface area (Å²) in [4.78, 5) is 11.6. The smallest absolute Gasteiger partial charge is 0.266 e. The van der Waals surface area contributed by atoms with Crippen LogP contribution in [-0.4, -0.2) is 5.91 Å². The van der Waals surface area contributed by atoms with E-state index in [4.69, 9.17) is 0 Å². The van der Waals surface area contributed by atoms with Crippen molar-refractivity contribution < 1.29 is 4.79 Å². The molecule has 2 aromatic carbocycles. The Hall–Kier alpha value is -2.55. The molecule has 0 saturated heterocycles. The molecule has 2 rings (SSSR count). The predicted octanol–water partition coefficient (Wildman–Crippen LogP) is 4.63. The number of hydrogen-bond acceptors (Lipinski definition) is 2. The van der Waals surface area contributed by atoms with Crippen molar-refractivity contribution in [1.82, 2.24) is 0 Å². The maximum Gasteiger partial charge on any atom is 0.288 e. The van der Waals surface area contributed by atoms with Crippen molar-refractivity contribution in [3.05, 3.63) is 71.3 Å². The molecule has 2 aromatic rings. The van der Waals surface area contributed by atoms with Gasteiger partial charge < -0.3 is 0 Å². The van der Waals surface area contributed by atoms with Crippen molar-refractivity contribution in [3.63, 3.8) is 0 Å². The summed E-state index contributed by atoms with van der Waals surface area (Å²) in [6, 6.07) is 15.3. The monoisotopic (exact) mass is 264 g/mol. The fraction of sp³-hybridized carbons (Fsp3) is 0.118. The third-order valence-corrected chi connectivity index (χ3v) is 2.97. The minimum absolute atomic E-state index is 0.368. The largest absolute Gasteiger partial charge is 0.288 e. The number of carbonyl (C=O) groups is 1. The van der Waals surface area contributed by atoms with Crippen LogP contribution in [-0.2, 0) is 4.79 Å². The minimum Gasteiger partial charge on any atom is -0.266 e. The number of hydrogen-bond donors (Lipinski definition) is 0. The molecule has 0 unspecified atom stereocenters. The Morgan fingerprint density at radius 3 is 2.45 bits per heavy atom. The van der Waals surface area contributed by atoms with E-state index in [0.29, 0.717) is 5.69 Å². The van der Waals surface area contributed by atoms with Crippen LogP contribution >= 0.6 is 0 Å². The third kappa shape index (κ3) is 3.99. The summed E-state index contributed by atoms with van der Waals surface area (Å²) in [6.45, 7) is 4.04. The molecular weight excluding hydrogens is 248 g/mol. The molecule has 0 N–H and O–H groups in total. The lowest BCUT2D eigenvalue weighted by Gasteiger charge is -1.98. The number of carbonyl (C=O) groups excluding carboxylic acids is 1. The van der Waals surface area contributed by atoms with Gasteiger partial charge in [-0.2, -0.15) is 0 Å². The molecule has 0 heterocycles. The Morgan fingerprint density at radius 1 is 1.00 bits per heavy atom. The van der Waals surface area contributed by atoms with Crippen molar-refractivity contribution in [1.29, 1.82) is 0 Å². The van der Waals surface area contributed by atoms with Crippen LogP contribution in [0, 0.1) is 13.8 Å². The lowest BCUT2D eigenvalue weighted by molar-refractivity contribution is -0.113. The molecule has 0 aliphatic heterocycles. The van der Waals surface area contributed by atoms with Crippen molar-refractivity contribution in [3.8, 4) is 0 Å². The number of azo groups is 1. The topological polar surface area (TPSA) is 41.8 Å². The Kier molecular flexibility index (Phi) is 4.56. The summed E-state index contributed by atoms with van der Waals surface area (Å²) < 4.78 is 0. The van der Waals surface area contributed by atoms with Crippen LogP contribution in [0.4, 0.5) is 5.69 Å². The highest BCUT2D eigenvalue weighted by Crippen LogP contribution is 2.17. The molecule has 0 bridgehead atoms. The predicted molar refractivity (Wildman–Crippen MR) is 80.9 cm³/mol. The van der Waals surface area contributed by atoms with Crippen LogP contribution in [0.3, 0.4) is 0 Å². The zero-order chi connectivity index (χ0) is 14.4. The Morgan fingerprint density at radius 2 is 1.75 bits per heavy atom. The summed E-state index contributed by atoms with van der Waals surface area (Å²) in [5.41, 5.74) is 3.98. The zero-order valence-corrected chi connectivity index (χ0v) is 11.6. The average Bonchev–Trinajstić information content (AvgIpc) is 2.47. The van der Waals surface area contributed by atoms with Crippen LogP contribution in [0.2, 0.25) is 0 Å². The second-order valence-electron chi connectivity index (χ2n) is 4.55. The highest BCUT2D eigenvalue weighted by molar-refractivity contribution is 5.92. The fourth-order valence-electron chi connectivity index (χ4n) is 1.66. The number of nitrogens with zero attached hydrogens (tertiary/aromatic N) is 2. The second-order valence-corrected chi connectivity index (χ2v) is 4.55. The molecule has 0 aliphatic rings. The molecule has 3 heteroatoms. The van der Waals surface area contributed by atoms with Gasteiger partial charge in [-0.25, -0.2) is 0 Å². The van der Waals surface area contributed by atoms with Gasteiger partial charge in [0.25, 0.3) is 5.91 Å². The first-order valence-corrected chi connectivity index (χ1v) is 6.41. The summed E-state index contributed by atoms with van der Waals surface area (Å²) in [5, 5.41) is 7.62. The summed E-state index contributed by atoms with van der Waals surface area (Å²) in [6.07, 6.45) is 3.14. The summed E-state index contributed by atoms with van der Waals surface area (Å²) >= 11 is 0. The zero-order valence-electron chi connectivity index (χ0n) is 11.6. The van der Waals surface area contributed by atoms with Crippen molar-refractivity contribution in [2.45, 2.75) is 13.8 Å². The first-order chi connectivity index (χ1) is 9.65. The highest BCUT2D eigenvalue weighted by atomic mass is 16.1. The van der Waals surface area contributed by atoms with Gasteiger partial charge in [-0.3, -0.25) is 4.79 Å². The maximum absolute atomic E-state index is 11.6. The van der Waals surface area contributed by atoms with Gasteiger partial charge in [0.1, 0.15) is 0 Å². The SMILES string of the molecule is Cc1ccc(N=NC(=O)/C=C/c2ccccc2)cc1C. The van der Waals surface area contributed by atoms with E-state index < -0.39 is 0 Å². The van der Waals surface area contributed by atoms with E-state index in [2.05, 4.69) is 10.2 Å². The molecule has 100 valence electrons. The number of rotatable bonds is 3. The van der Waals surface area contributed by atoms with Gasteiger partial charge in [-0.15, -0.1) is 10.2 Å². The fourth-order valence-corrected chi connectivity index (χ4v) is 1.66. The van der Waals surface area contributed by atoms with E-state index in [0.717, 1.165) is 11.1 Å². The third-order valence-electron chi connectivity index (χ3n) is 2.97. The standard InChI is InChI=1S/C17H16N2O/c1-13-8-10-16(12-14(13)2)18-19-17(20)11-9-15-6-4-3-5-7-15/h3-12H,1-2H3/b11-9+,19-18?. The Bertz CT molecular complexity index is 658. The molecule has 0 fully saturated rings. The minimum atomic E-state index is -0.368. The van der Waals surface area contributed by atoms with Crippen LogP contribution in [0.15, 0.2) is 64.8 Å². The quantitative estimate of drug-likeness (QED) is 0.588. The molecule has 0 saturated carbocycles. The van der Waals surface area contributed by atoms with Crippen molar-refractivity contribution in [2.24, 2.45) is 10.2 Å². The molecular formula is C17H16N2O. The molecule has 1 amide bonds. The molecule has 20 heavy (non-hydrogen) atoms. The van der Waals surface area contributed by atoms with Gasteiger partial charge >= 0.3 is 0 Å². The van der Waals surface area contributed by atoms with E-state index in [1.807, 2.05) is 62.4 Å². The van der Waals surface area contributed by atoms with E-state index in [-0.39, 0.29) is 5.91 Å². The van der Waals surface area contributed by atoms with E-state index in [1.165, 1.54) is 11.6 Å². The van der Waals surface area contributed by atoms with E-state index >= 15 is 0 Å². The van der Waals surface area contributed by atoms with E-state index in [9.17, 15) is 4.79 Å². The number of benzene rings is 2. The number of aryl methyl sites for hydroxylation is 2. The first kappa shape index (κ1) is 13.9. The number of amides is 1. The van der Waals surface area contributed by atoms with Crippen LogP contribution in [0.5, 0.6) is 0 Å². The van der Waals surface area contributed by atoms with Crippen molar-refractivity contribution >= 4 is 17.7 Å². The van der Waals surface area contributed by atoms with Crippen LogP contribution in [0.25, 0.3) is 6.08 Å². The normalized spacial score (nSPS) is 11.3. The van der Waals surface area contributed by atoms with Crippen LogP contribution in [0.1, 0.15) is 16.7 Å². The van der Waals surface area contributed by atoms with Gasteiger partial charge in [0.05, 0.1) is 5.69 Å². The van der Waals surface area contributed by atoms with Gasteiger partial charge in [0.2, 0.25) is 0 Å². The summed E-state index contributed by atoms with van der Waals surface area (Å²) in [7, 11) is 0. The Balaban J connectivity index is 2.02. The molecule has 3 nitrogen and oxygen atoms in total. The Labute approximate surface area is 118 Å². The van der Waals surface area contributed by atoms with Crippen molar-refractivity contribution in [2.75, 3.05) is 0 Å². The van der Waals surface area contributed by atoms with Gasteiger partial charge in [0, 0.05) is 6.08 Å². The van der Waals surface area contributed by atoms with Gasteiger partial charge in [-0.1, -0.05) is 36.4 Å². The van der Waals surface area contributed by atoms with Gasteiger partial charge in [-0.05, 0) is 48.7 Å². The first-order valence-electron chi connectivity index (χ1n) is 6.41. The highest BCUT2D eigenvalue weighted by Gasteiger charge is 1.96. The molecule has 0 atom stereocenters. The van der Waals surface area contributed by atoms with E-state index in [1.54, 1.807) is 6.08 Å². The lowest BCUT2D eigenvalue weighted by Crippen LogP contribution is -1.84. The second kappa shape index (κ2) is 6.57. The molecule has 0 aromatic heterocycles. The molecule has 0 aliphatic carbocycles. The van der Waals surface area contributed by atoms with Crippen LogP contribution < -0.4 is 0 Å². The summed E-state index contributed by atoms with van der Waals surface area (Å²) in [5.74, 6) is -0.368.